The van der Waals surface area contributed by atoms with Gasteiger partial charge in [-0.25, -0.2) is 0 Å². The van der Waals surface area contributed by atoms with Crippen LogP contribution in [0.4, 0.5) is 5.69 Å². The Morgan fingerprint density at radius 1 is 0.850 bits per heavy atom. The molecule has 5 fully saturated rings. The predicted molar refractivity (Wildman–Crippen MR) is 221 cm³/mol. The smallest absolute Gasteiger partial charge is 0.262 e. The van der Waals surface area contributed by atoms with Crippen LogP contribution in [0.5, 0.6) is 5.75 Å². The Labute approximate surface area is 353 Å². The van der Waals surface area contributed by atoms with Crippen LogP contribution in [0, 0.1) is 45.3 Å². The number of benzene rings is 3. The van der Waals surface area contributed by atoms with Crippen molar-refractivity contribution in [2.24, 2.45) is 22.2 Å². The minimum Gasteiger partial charge on any atom is -0.489 e. The highest BCUT2D eigenvalue weighted by Gasteiger charge is 2.67. The zero-order chi connectivity index (χ0) is 42.0. The van der Waals surface area contributed by atoms with Gasteiger partial charge < -0.3 is 14.5 Å². The number of hydrogen-bond donors (Lipinski definition) is 1. The number of ether oxygens (including phenoxy) is 1. The lowest BCUT2D eigenvalue weighted by molar-refractivity contribution is -0.199. The molecule has 60 heavy (non-hydrogen) atoms. The van der Waals surface area contributed by atoms with Gasteiger partial charge in [-0.2, -0.15) is 5.26 Å². The molecule has 13 heteroatoms. The zero-order valence-electron chi connectivity index (χ0n) is 34.0. The number of piperidine rings is 1. The maximum Gasteiger partial charge on any atom is 0.262 e. The summed E-state index contributed by atoms with van der Waals surface area (Å²) in [5.74, 6) is 5.88. The highest BCUT2D eigenvalue weighted by Crippen LogP contribution is 2.59. The molecule has 1 atom stereocenters. The molecule has 0 aromatic heterocycles. The Kier molecular flexibility index (Phi) is 8.60. The highest BCUT2D eigenvalue weighted by atomic mass is 35.5. The molecular weight excluding hydrogens is 780 g/mol. The highest BCUT2D eigenvalue weighted by molar-refractivity contribution is 6.31. The third-order valence-corrected chi connectivity index (χ3v) is 14.7. The van der Waals surface area contributed by atoms with Crippen molar-refractivity contribution in [1.29, 1.82) is 5.26 Å². The van der Waals surface area contributed by atoms with Crippen molar-refractivity contribution in [3.63, 3.8) is 0 Å². The minimum absolute atomic E-state index is 0.0373. The second-order valence-electron chi connectivity index (χ2n) is 19.1. The summed E-state index contributed by atoms with van der Waals surface area (Å²) in [6, 6.07) is 18.0. The van der Waals surface area contributed by atoms with Gasteiger partial charge in [-0.1, -0.05) is 51.1 Å². The van der Waals surface area contributed by atoms with Crippen LogP contribution >= 0.6 is 11.6 Å². The van der Waals surface area contributed by atoms with E-state index in [1.807, 2.05) is 23.1 Å². The number of rotatable bonds is 6. The van der Waals surface area contributed by atoms with E-state index in [4.69, 9.17) is 16.3 Å². The van der Waals surface area contributed by atoms with E-state index < -0.39 is 29.7 Å². The van der Waals surface area contributed by atoms with E-state index in [2.05, 4.69) is 66.8 Å². The van der Waals surface area contributed by atoms with Gasteiger partial charge in [-0.3, -0.25) is 39.1 Å². The molecule has 0 radical (unpaired) electrons. The third kappa shape index (κ3) is 5.86. The van der Waals surface area contributed by atoms with E-state index in [-0.39, 0.29) is 47.1 Å². The van der Waals surface area contributed by atoms with Crippen LogP contribution in [0.25, 0.3) is 0 Å². The van der Waals surface area contributed by atoms with E-state index in [1.165, 1.54) is 0 Å². The number of hydrogen-bond acceptors (Lipinski definition) is 9. The lowest BCUT2D eigenvalue weighted by atomic mass is 9.49. The molecule has 1 unspecified atom stereocenters. The van der Waals surface area contributed by atoms with E-state index >= 15 is 0 Å². The van der Waals surface area contributed by atoms with E-state index in [0.29, 0.717) is 46.0 Å². The maximum absolute atomic E-state index is 13.8. The lowest BCUT2D eigenvalue weighted by Gasteiger charge is -2.65. The summed E-state index contributed by atoms with van der Waals surface area (Å²) < 4.78 is 6.48. The topological polar surface area (TPSA) is 143 Å². The average molecular weight is 825 g/mol. The van der Waals surface area contributed by atoms with E-state index in [1.54, 1.807) is 30.3 Å². The van der Waals surface area contributed by atoms with Crippen LogP contribution in [0.2, 0.25) is 5.02 Å². The van der Waals surface area contributed by atoms with Crippen LogP contribution < -0.4 is 15.0 Å². The number of carbonyl (C=O) groups excluding carboxylic acids is 5. The Morgan fingerprint density at radius 2 is 1.57 bits per heavy atom. The summed E-state index contributed by atoms with van der Waals surface area (Å²) in [6.07, 6.45) is 2.30. The molecule has 7 aliphatic rings. The van der Waals surface area contributed by atoms with Gasteiger partial charge in [0.15, 0.2) is 0 Å². The average Bonchev–Trinajstić information content (AvgIpc) is 3.59. The number of fused-ring (bicyclic) bond motifs is 2. The van der Waals surface area contributed by atoms with Crippen LogP contribution in [0.1, 0.15) is 101 Å². The number of halogens is 1. The molecule has 3 saturated heterocycles. The Morgan fingerprint density at radius 3 is 2.27 bits per heavy atom. The number of anilines is 1. The summed E-state index contributed by atoms with van der Waals surface area (Å²) in [5, 5.41) is 11.9. The normalized spacial score (nSPS) is 26.2. The number of nitriles is 1. The fraction of sp³-hybridized carbons (Fsp3) is 0.447. The van der Waals surface area contributed by atoms with Crippen molar-refractivity contribution in [3.05, 3.63) is 93.0 Å². The Bertz CT molecular complexity index is 2530. The molecule has 2 saturated carbocycles. The molecule has 5 heterocycles. The van der Waals surface area contributed by atoms with Gasteiger partial charge in [0.05, 0.1) is 21.7 Å². The first-order valence-corrected chi connectivity index (χ1v) is 21.1. The van der Waals surface area contributed by atoms with Gasteiger partial charge in [-0.15, -0.1) is 0 Å². The Hall–Kier alpha value is -5.69. The van der Waals surface area contributed by atoms with Crippen LogP contribution in [-0.4, -0.2) is 94.6 Å². The molecule has 306 valence electrons. The van der Waals surface area contributed by atoms with Crippen LogP contribution in [0.15, 0.2) is 54.6 Å². The van der Waals surface area contributed by atoms with Crippen LogP contribution in [0.3, 0.4) is 0 Å². The van der Waals surface area contributed by atoms with E-state index in [0.717, 1.165) is 66.3 Å². The molecular formula is C47H45ClN6O6. The zero-order valence-corrected chi connectivity index (χ0v) is 34.8. The van der Waals surface area contributed by atoms with Crippen molar-refractivity contribution in [2.45, 2.75) is 84.2 Å². The van der Waals surface area contributed by atoms with Crippen molar-refractivity contribution < 1.29 is 28.7 Å². The van der Waals surface area contributed by atoms with Crippen molar-refractivity contribution in [3.8, 4) is 23.7 Å². The summed E-state index contributed by atoms with van der Waals surface area (Å²) in [4.78, 5) is 72.1. The maximum atomic E-state index is 13.8. The second kappa shape index (κ2) is 13.4. The Balaban J connectivity index is 0.708. The molecule has 1 N–H and O–H groups in total. The monoisotopic (exact) mass is 824 g/mol. The quantitative estimate of drug-likeness (QED) is 0.255. The second-order valence-corrected chi connectivity index (χ2v) is 19.5. The molecule has 0 bridgehead atoms. The molecule has 2 aliphatic carbocycles. The summed E-state index contributed by atoms with van der Waals surface area (Å²) in [6.45, 7) is 12.8. The SMILES string of the molecule is CC1(C)C(Oc2ccc(C#N)c(Cl)c2)C(C)(C)C1N1Cc2cc(C#CC3CN(C4CC5(C4)CN(c4ccc6c(c4)C(=O)N(C4CCC(=O)NC4=O)C6=O)C5)C3)ccc2C1=O. The number of nitrogens with zero attached hydrogens (tertiary/aromatic N) is 5. The molecule has 5 aliphatic heterocycles. The van der Waals surface area contributed by atoms with Crippen molar-refractivity contribution >= 4 is 46.8 Å². The molecule has 1 spiro atoms. The number of nitrogens with one attached hydrogen (secondary N) is 1. The van der Waals surface area contributed by atoms with Crippen LogP contribution in [-0.2, 0) is 16.1 Å². The summed E-state index contributed by atoms with van der Waals surface area (Å²) in [7, 11) is 0. The fourth-order valence-electron chi connectivity index (χ4n) is 11.8. The number of likely N-dealkylation sites (tertiary alicyclic amines) is 1. The number of amides is 5. The van der Waals surface area contributed by atoms with Gasteiger partial charge in [0.25, 0.3) is 17.7 Å². The minimum atomic E-state index is -0.971. The van der Waals surface area contributed by atoms with Gasteiger partial charge >= 0.3 is 0 Å². The number of imide groups is 2. The molecule has 3 aromatic carbocycles. The number of carbonyl (C=O) groups is 5. The van der Waals surface area contributed by atoms with Gasteiger partial charge in [-0.05, 0) is 73.4 Å². The molecule has 12 nitrogen and oxygen atoms in total. The summed E-state index contributed by atoms with van der Waals surface area (Å²) in [5.41, 5.74) is 4.15. The largest absolute Gasteiger partial charge is 0.489 e. The molecule has 3 aromatic rings. The van der Waals surface area contributed by atoms with Gasteiger partial charge in [0.1, 0.15) is 24.0 Å². The third-order valence-electron chi connectivity index (χ3n) is 14.3. The van der Waals surface area contributed by atoms with Gasteiger partial charge in [0.2, 0.25) is 11.8 Å². The molecule has 10 rings (SSSR count). The predicted octanol–water partition coefficient (Wildman–Crippen LogP) is 5.40. The van der Waals surface area contributed by atoms with E-state index in [9.17, 15) is 29.2 Å². The molecule has 5 amide bonds. The van der Waals surface area contributed by atoms with Gasteiger partial charge in [0, 0.05) is 96.3 Å². The standard InChI is InChI=1S/C47H45ClN6O6/c1-45(2)43(46(3,4)44(45)60-32-10-8-28(20-49)36(48)17-32)53-23-29-15-26(7-11-33(29)40(53)57)5-6-27-21-51(22-27)31-18-47(19-31)24-52(25-47)30-9-12-34-35(16-30)42(59)54(41(34)58)37-13-14-38(55)50-39(37)56/h7-12,15-17,27,31,37,43-44H,13-14,18-19,21-25H2,1-4H3,(H,50,55,56). The first-order valence-electron chi connectivity index (χ1n) is 20.7. The first-order chi connectivity index (χ1) is 28.6. The van der Waals surface area contributed by atoms with Crippen molar-refractivity contribution in [1.82, 2.24) is 20.0 Å². The van der Waals surface area contributed by atoms with Crippen molar-refractivity contribution in [2.75, 3.05) is 31.1 Å². The first kappa shape index (κ1) is 38.5. The lowest BCUT2D eigenvalue weighted by Crippen LogP contribution is -2.74. The fourth-order valence-corrected chi connectivity index (χ4v) is 12.0. The summed E-state index contributed by atoms with van der Waals surface area (Å²) >= 11 is 6.29.